The quantitative estimate of drug-likeness (QED) is 0.308. The summed E-state index contributed by atoms with van der Waals surface area (Å²) in [5.41, 5.74) is 1.69. The molecule has 0 saturated carbocycles. The molecular formula is C19H13ClN2O2S. The van der Waals surface area contributed by atoms with E-state index >= 15 is 0 Å². The Labute approximate surface area is 154 Å². The molecule has 0 bridgehead atoms. The van der Waals surface area contributed by atoms with Crippen LogP contribution in [0.25, 0.3) is 0 Å². The number of non-ortho nitro benzene ring substituents is 1. The Morgan fingerprint density at radius 2 is 1.44 bits per heavy atom. The molecule has 0 N–H and O–H groups in total. The fourth-order valence-corrected chi connectivity index (χ4v) is 3.01. The van der Waals surface area contributed by atoms with E-state index < -0.39 is 4.92 Å². The van der Waals surface area contributed by atoms with Crippen LogP contribution in [-0.4, -0.2) is 11.1 Å². The number of rotatable bonds is 5. The second-order valence-electron chi connectivity index (χ2n) is 5.16. The number of halogens is 1. The fourth-order valence-electron chi connectivity index (χ4n) is 2.07. The van der Waals surface area contributed by atoms with Crippen LogP contribution in [0.2, 0.25) is 5.02 Å². The second kappa shape index (κ2) is 7.96. The summed E-state index contributed by atoms with van der Waals surface area (Å²) in [7, 11) is 0. The van der Waals surface area contributed by atoms with Crippen molar-refractivity contribution in [1.82, 2.24) is 0 Å². The molecule has 3 rings (SSSR count). The van der Waals surface area contributed by atoms with Crippen LogP contribution < -0.4 is 0 Å². The van der Waals surface area contributed by atoms with Gasteiger partial charge in [0.15, 0.2) is 0 Å². The molecule has 25 heavy (non-hydrogen) atoms. The van der Waals surface area contributed by atoms with Crippen molar-refractivity contribution in [3.8, 4) is 0 Å². The van der Waals surface area contributed by atoms with E-state index in [1.54, 1.807) is 30.1 Å². The summed E-state index contributed by atoms with van der Waals surface area (Å²) in [6, 6.07) is 21.8. The van der Waals surface area contributed by atoms with Gasteiger partial charge in [-0.2, -0.15) is 0 Å². The Morgan fingerprint density at radius 1 is 0.880 bits per heavy atom. The van der Waals surface area contributed by atoms with Gasteiger partial charge in [0.2, 0.25) is 0 Å². The van der Waals surface area contributed by atoms with Crippen molar-refractivity contribution in [3.05, 3.63) is 93.5 Å². The zero-order valence-electron chi connectivity index (χ0n) is 13.0. The molecule has 0 aliphatic heterocycles. The van der Waals surface area contributed by atoms with Crippen LogP contribution in [-0.2, 0) is 0 Å². The predicted molar refractivity (Wildman–Crippen MR) is 102 cm³/mol. The molecule has 0 aliphatic carbocycles. The number of nitro benzene ring substituents is 1. The van der Waals surface area contributed by atoms with Crippen molar-refractivity contribution >= 4 is 41.0 Å². The van der Waals surface area contributed by atoms with Gasteiger partial charge in [-0.05, 0) is 54.1 Å². The van der Waals surface area contributed by atoms with Gasteiger partial charge < -0.3 is 0 Å². The lowest BCUT2D eigenvalue weighted by atomic mass is 10.2. The van der Waals surface area contributed by atoms with E-state index in [0.29, 0.717) is 5.69 Å². The van der Waals surface area contributed by atoms with E-state index in [2.05, 4.69) is 4.99 Å². The number of hydrogen-bond donors (Lipinski definition) is 0. The smallest absolute Gasteiger partial charge is 0.258 e. The zero-order valence-corrected chi connectivity index (χ0v) is 14.6. The monoisotopic (exact) mass is 368 g/mol. The maximum atomic E-state index is 10.6. The van der Waals surface area contributed by atoms with Crippen molar-refractivity contribution in [2.24, 2.45) is 4.99 Å². The first-order valence-corrected chi connectivity index (χ1v) is 8.62. The summed E-state index contributed by atoms with van der Waals surface area (Å²) in [4.78, 5) is 16.8. The minimum Gasteiger partial charge on any atom is -0.258 e. The highest BCUT2D eigenvalue weighted by Gasteiger charge is 2.03. The van der Waals surface area contributed by atoms with Gasteiger partial charge in [-0.25, -0.2) is 0 Å². The highest BCUT2D eigenvalue weighted by molar-refractivity contribution is 7.99. The average Bonchev–Trinajstić information content (AvgIpc) is 2.63. The van der Waals surface area contributed by atoms with Gasteiger partial charge in [0.05, 0.1) is 10.6 Å². The van der Waals surface area contributed by atoms with Crippen molar-refractivity contribution in [2.75, 3.05) is 0 Å². The molecule has 0 saturated heterocycles. The van der Waals surface area contributed by atoms with Gasteiger partial charge in [0.1, 0.15) is 0 Å². The minimum atomic E-state index is -0.426. The SMILES string of the molecule is O=[N+]([O-])c1ccc(N=Cc2ccc(Sc3ccc(Cl)cc3)cc2)cc1. The summed E-state index contributed by atoms with van der Waals surface area (Å²) >= 11 is 7.54. The third-order valence-electron chi connectivity index (χ3n) is 3.35. The topological polar surface area (TPSA) is 55.5 Å². The molecule has 0 fully saturated rings. The van der Waals surface area contributed by atoms with Gasteiger partial charge >= 0.3 is 0 Å². The first-order chi connectivity index (χ1) is 12.1. The van der Waals surface area contributed by atoms with Crippen LogP contribution in [0.5, 0.6) is 0 Å². The molecule has 3 aromatic rings. The number of hydrogen-bond acceptors (Lipinski definition) is 4. The summed E-state index contributed by atoms with van der Waals surface area (Å²) in [5.74, 6) is 0. The summed E-state index contributed by atoms with van der Waals surface area (Å²) in [6.45, 7) is 0. The van der Waals surface area contributed by atoms with Crippen LogP contribution in [0.3, 0.4) is 0 Å². The number of benzene rings is 3. The second-order valence-corrected chi connectivity index (χ2v) is 6.74. The van der Waals surface area contributed by atoms with E-state index in [1.165, 1.54) is 12.1 Å². The molecule has 0 unspecified atom stereocenters. The van der Waals surface area contributed by atoms with Crippen LogP contribution in [0, 0.1) is 10.1 Å². The third kappa shape index (κ3) is 4.92. The molecule has 0 atom stereocenters. The lowest BCUT2D eigenvalue weighted by molar-refractivity contribution is -0.384. The van der Waals surface area contributed by atoms with Gasteiger partial charge in [-0.15, -0.1) is 0 Å². The summed E-state index contributed by atoms with van der Waals surface area (Å²) in [5, 5.41) is 11.4. The van der Waals surface area contributed by atoms with Gasteiger partial charge in [-0.1, -0.05) is 35.5 Å². The first kappa shape index (κ1) is 17.2. The molecule has 124 valence electrons. The van der Waals surface area contributed by atoms with Crippen LogP contribution in [0.1, 0.15) is 5.56 Å². The highest BCUT2D eigenvalue weighted by Crippen LogP contribution is 2.28. The molecule has 0 aliphatic rings. The molecule has 0 radical (unpaired) electrons. The Kier molecular flexibility index (Phi) is 5.48. The van der Waals surface area contributed by atoms with Crippen molar-refractivity contribution in [2.45, 2.75) is 9.79 Å². The largest absolute Gasteiger partial charge is 0.269 e. The Balaban J connectivity index is 1.65. The number of nitro groups is 1. The average molecular weight is 369 g/mol. The Bertz CT molecular complexity index is 892. The fraction of sp³-hybridized carbons (Fsp3) is 0. The molecule has 0 amide bonds. The number of nitrogens with zero attached hydrogens (tertiary/aromatic N) is 2. The molecule has 6 heteroatoms. The normalized spacial score (nSPS) is 10.9. The van der Waals surface area contributed by atoms with Crippen LogP contribution in [0.4, 0.5) is 11.4 Å². The summed E-state index contributed by atoms with van der Waals surface area (Å²) < 4.78 is 0. The van der Waals surface area contributed by atoms with E-state index in [-0.39, 0.29) is 5.69 Å². The zero-order chi connectivity index (χ0) is 17.6. The molecule has 4 nitrogen and oxygen atoms in total. The third-order valence-corrected chi connectivity index (χ3v) is 4.62. The van der Waals surface area contributed by atoms with Gasteiger partial charge in [0.25, 0.3) is 5.69 Å². The lowest BCUT2D eigenvalue weighted by Crippen LogP contribution is -1.86. The van der Waals surface area contributed by atoms with Gasteiger partial charge in [0, 0.05) is 33.2 Å². The van der Waals surface area contributed by atoms with Crippen molar-refractivity contribution in [3.63, 3.8) is 0 Å². The first-order valence-electron chi connectivity index (χ1n) is 7.42. The number of aliphatic imine (C=N–C) groups is 1. The van der Waals surface area contributed by atoms with E-state index in [4.69, 9.17) is 11.6 Å². The van der Waals surface area contributed by atoms with E-state index in [1.807, 2.05) is 48.5 Å². The lowest BCUT2D eigenvalue weighted by Gasteiger charge is -2.02. The maximum absolute atomic E-state index is 10.6. The summed E-state index contributed by atoms with van der Waals surface area (Å²) in [6.07, 6.45) is 1.73. The predicted octanol–water partition coefficient (Wildman–Crippen LogP) is 6.15. The Hall–Kier alpha value is -2.63. The molecule has 0 aromatic heterocycles. The minimum absolute atomic E-state index is 0.0579. The molecule has 0 heterocycles. The van der Waals surface area contributed by atoms with Gasteiger partial charge in [-0.3, -0.25) is 15.1 Å². The molecule has 3 aromatic carbocycles. The van der Waals surface area contributed by atoms with Crippen molar-refractivity contribution in [1.29, 1.82) is 0 Å². The highest BCUT2D eigenvalue weighted by atomic mass is 35.5. The van der Waals surface area contributed by atoms with Crippen molar-refractivity contribution < 1.29 is 4.92 Å². The van der Waals surface area contributed by atoms with Crippen LogP contribution >= 0.6 is 23.4 Å². The molecular weight excluding hydrogens is 356 g/mol. The van der Waals surface area contributed by atoms with Crippen LogP contribution in [0.15, 0.2) is 87.6 Å². The van der Waals surface area contributed by atoms with E-state index in [9.17, 15) is 10.1 Å². The maximum Gasteiger partial charge on any atom is 0.269 e. The standard InChI is InChI=1S/C19H13ClN2O2S/c20-15-3-11-19(12-4-15)25-18-9-1-14(2-10-18)13-21-16-5-7-17(8-6-16)22(23)24/h1-13H. The van der Waals surface area contributed by atoms with E-state index in [0.717, 1.165) is 20.4 Å². The Morgan fingerprint density at radius 3 is 2.00 bits per heavy atom. The molecule has 0 spiro atoms.